The second-order valence-electron chi connectivity index (χ2n) is 7.27. The third kappa shape index (κ3) is 7.30. The van der Waals surface area contributed by atoms with Gasteiger partial charge >= 0.3 is 5.97 Å². The first-order valence-electron chi connectivity index (χ1n) is 10.3. The lowest BCUT2D eigenvalue weighted by molar-refractivity contribution is -0.120. The van der Waals surface area contributed by atoms with Crippen molar-refractivity contribution in [1.82, 2.24) is 10.7 Å². The van der Waals surface area contributed by atoms with Gasteiger partial charge in [0.15, 0.2) is 11.5 Å². The molecule has 0 atom stereocenters. The zero-order valence-electron chi connectivity index (χ0n) is 18.8. The van der Waals surface area contributed by atoms with E-state index in [1.54, 1.807) is 30.3 Å². The fraction of sp³-hybridized carbons (Fsp3) is 0.120. The Balaban J connectivity index is 1.56. The quantitative estimate of drug-likeness (QED) is 0.201. The van der Waals surface area contributed by atoms with Gasteiger partial charge in [-0.15, -0.1) is 0 Å². The van der Waals surface area contributed by atoms with Crippen LogP contribution in [-0.2, 0) is 4.79 Å². The molecule has 3 rings (SSSR count). The molecule has 0 saturated carbocycles. The summed E-state index contributed by atoms with van der Waals surface area (Å²) >= 11 is 11.9. The van der Waals surface area contributed by atoms with Gasteiger partial charge in [0.1, 0.15) is 0 Å². The van der Waals surface area contributed by atoms with Crippen LogP contribution in [0.3, 0.4) is 0 Å². The van der Waals surface area contributed by atoms with Crippen LogP contribution in [0.5, 0.6) is 11.5 Å². The van der Waals surface area contributed by atoms with E-state index < -0.39 is 11.9 Å². The molecule has 2 N–H and O–H groups in total. The summed E-state index contributed by atoms with van der Waals surface area (Å²) in [6.07, 6.45) is 1.38. The van der Waals surface area contributed by atoms with E-state index in [1.165, 1.54) is 37.6 Å². The van der Waals surface area contributed by atoms with E-state index in [9.17, 15) is 14.4 Å². The van der Waals surface area contributed by atoms with E-state index in [0.717, 1.165) is 5.56 Å². The third-order valence-electron chi connectivity index (χ3n) is 4.63. The molecule has 0 heterocycles. The number of aryl methyl sites for hydroxylation is 1. The third-order valence-corrected chi connectivity index (χ3v) is 5.18. The molecule has 0 fully saturated rings. The highest BCUT2D eigenvalue weighted by Crippen LogP contribution is 2.29. The second kappa shape index (κ2) is 12.0. The van der Waals surface area contributed by atoms with E-state index in [0.29, 0.717) is 16.1 Å². The number of rotatable bonds is 8. The number of ether oxygens (including phenoxy) is 2. The fourth-order valence-electron chi connectivity index (χ4n) is 2.93. The Morgan fingerprint density at radius 1 is 1.00 bits per heavy atom. The minimum atomic E-state index is -0.675. The number of hydrogen-bond acceptors (Lipinski definition) is 6. The first-order valence-corrected chi connectivity index (χ1v) is 11.0. The van der Waals surface area contributed by atoms with E-state index in [-0.39, 0.29) is 34.5 Å². The van der Waals surface area contributed by atoms with Crippen molar-refractivity contribution >= 4 is 47.2 Å². The van der Waals surface area contributed by atoms with Gasteiger partial charge in [-0.1, -0.05) is 40.9 Å². The van der Waals surface area contributed by atoms with Crippen LogP contribution < -0.4 is 20.2 Å². The molecule has 0 spiro atoms. The Hall–Kier alpha value is -3.88. The average Bonchev–Trinajstić information content (AvgIpc) is 2.83. The van der Waals surface area contributed by atoms with Gasteiger partial charge in [-0.05, 0) is 61.0 Å². The van der Waals surface area contributed by atoms with Gasteiger partial charge in [0.2, 0.25) is 0 Å². The van der Waals surface area contributed by atoms with Crippen molar-refractivity contribution in [3.05, 3.63) is 93.0 Å². The van der Waals surface area contributed by atoms with Gasteiger partial charge in [0.25, 0.3) is 11.8 Å². The van der Waals surface area contributed by atoms with Crippen LogP contribution >= 0.6 is 23.2 Å². The van der Waals surface area contributed by atoms with Crippen molar-refractivity contribution in [3.63, 3.8) is 0 Å². The standard InChI is InChI=1S/C25H21Cl2N3O5/c1-15-4-3-5-17(10-15)24(32)28-14-23(31)30-29-13-16-6-9-21(22(11-16)34-2)35-25(33)19-8-7-18(26)12-20(19)27/h3-13H,14H2,1-2H3,(H,28,32)(H,30,31)/b29-13-. The largest absolute Gasteiger partial charge is 0.493 e. The van der Waals surface area contributed by atoms with E-state index in [4.69, 9.17) is 32.7 Å². The number of carbonyl (C=O) groups is 3. The summed E-state index contributed by atoms with van der Waals surface area (Å²) in [5, 5.41) is 6.96. The summed E-state index contributed by atoms with van der Waals surface area (Å²) in [6, 6.07) is 16.2. The molecule has 0 aliphatic carbocycles. The van der Waals surface area contributed by atoms with Gasteiger partial charge in [-0.2, -0.15) is 5.10 Å². The van der Waals surface area contributed by atoms with Crippen molar-refractivity contribution in [3.8, 4) is 11.5 Å². The predicted molar refractivity (Wildman–Crippen MR) is 134 cm³/mol. The van der Waals surface area contributed by atoms with Gasteiger partial charge in [-0.25, -0.2) is 10.2 Å². The highest BCUT2D eigenvalue weighted by atomic mass is 35.5. The lowest BCUT2D eigenvalue weighted by atomic mass is 10.1. The number of hydrogen-bond donors (Lipinski definition) is 2. The maximum absolute atomic E-state index is 12.5. The monoisotopic (exact) mass is 513 g/mol. The number of carbonyl (C=O) groups excluding carboxylic acids is 3. The molecule has 35 heavy (non-hydrogen) atoms. The Labute approximate surface area is 211 Å². The first kappa shape index (κ1) is 25.7. The Morgan fingerprint density at radius 3 is 2.51 bits per heavy atom. The van der Waals surface area contributed by atoms with Crippen molar-refractivity contribution in [1.29, 1.82) is 0 Å². The zero-order valence-corrected chi connectivity index (χ0v) is 20.3. The van der Waals surface area contributed by atoms with E-state index in [2.05, 4.69) is 15.8 Å². The number of methoxy groups -OCH3 is 1. The molecule has 0 aliphatic heterocycles. The average molecular weight is 514 g/mol. The summed E-state index contributed by atoms with van der Waals surface area (Å²) in [4.78, 5) is 36.5. The molecule has 3 aromatic rings. The molecule has 180 valence electrons. The Bertz CT molecular complexity index is 1290. The number of nitrogens with one attached hydrogen (secondary N) is 2. The van der Waals surface area contributed by atoms with Crippen LogP contribution in [0.25, 0.3) is 0 Å². The number of nitrogens with zero attached hydrogens (tertiary/aromatic N) is 1. The van der Waals surface area contributed by atoms with Gasteiger partial charge in [0.05, 0.1) is 30.5 Å². The van der Waals surface area contributed by atoms with Crippen LogP contribution in [0.1, 0.15) is 31.8 Å². The minimum absolute atomic E-state index is 0.154. The number of benzene rings is 3. The molecular weight excluding hydrogens is 493 g/mol. The summed E-state index contributed by atoms with van der Waals surface area (Å²) in [5.74, 6) is -1.10. The molecule has 2 amide bonds. The lowest BCUT2D eigenvalue weighted by Crippen LogP contribution is -2.34. The van der Waals surface area contributed by atoms with Gasteiger partial charge < -0.3 is 14.8 Å². The zero-order chi connectivity index (χ0) is 25.4. The summed E-state index contributed by atoms with van der Waals surface area (Å²) < 4.78 is 10.7. The molecule has 0 unspecified atom stereocenters. The molecule has 8 nitrogen and oxygen atoms in total. The Kier molecular flexibility index (Phi) is 8.83. The van der Waals surface area contributed by atoms with Crippen LogP contribution in [0, 0.1) is 6.92 Å². The van der Waals surface area contributed by atoms with E-state index >= 15 is 0 Å². The van der Waals surface area contributed by atoms with Gasteiger partial charge in [-0.3, -0.25) is 9.59 Å². The molecule has 10 heteroatoms. The summed E-state index contributed by atoms with van der Waals surface area (Å²) in [6.45, 7) is 1.63. The van der Waals surface area contributed by atoms with Crippen LogP contribution in [0.4, 0.5) is 0 Å². The SMILES string of the molecule is COc1cc(/C=N\NC(=O)CNC(=O)c2cccc(C)c2)ccc1OC(=O)c1ccc(Cl)cc1Cl. The molecule has 0 bridgehead atoms. The minimum Gasteiger partial charge on any atom is -0.493 e. The van der Waals surface area contributed by atoms with E-state index in [1.807, 2.05) is 13.0 Å². The topological polar surface area (TPSA) is 106 Å². The Morgan fingerprint density at radius 2 is 1.80 bits per heavy atom. The summed E-state index contributed by atoms with van der Waals surface area (Å²) in [5.41, 5.74) is 4.46. The number of amides is 2. The molecule has 3 aromatic carbocycles. The second-order valence-corrected chi connectivity index (χ2v) is 8.11. The molecule has 0 radical (unpaired) electrons. The van der Waals surface area contributed by atoms with Crippen molar-refractivity contribution < 1.29 is 23.9 Å². The van der Waals surface area contributed by atoms with Crippen molar-refractivity contribution in [2.75, 3.05) is 13.7 Å². The van der Waals surface area contributed by atoms with Crippen molar-refractivity contribution in [2.45, 2.75) is 6.92 Å². The number of esters is 1. The molecular formula is C25H21Cl2N3O5. The molecule has 0 aliphatic rings. The van der Waals surface area contributed by atoms with Crippen LogP contribution in [-0.4, -0.2) is 37.7 Å². The molecule has 0 aromatic heterocycles. The number of hydrazone groups is 1. The first-order chi connectivity index (χ1) is 16.8. The van der Waals surface area contributed by atoms with Crippen molar-refractivity contribution in [2.24, 2.45) is 5.10 Å². The van der Waals surface area contributed by atoms with Gasteiger partial charge in [0, 0.05) is 10.6 Å². The highest BCUT2D eigenvalue weighted by Gasteiger charge is 2.16. The molecule has 0 saturated heterocycles. The lowest BCUT2D eigenvalue weighted by Gasteiger charge is -2.10. The normalized spacial score (nSPS) is 10.6. The smallest absolute Gasteiger partial charge is 0.345 e. The maximum Gasteiger partial charge on any atom is 0.345 e. The fourth-order valence-corrected chi connectivity index (χ4v) is 3.41. The number of halogens is 2. The van der Waals surface area contributed by atoms with Crippen LogP contribution in [0.2, 0.25) is 10.0 Å². The highest BCUT2D eigenvalue weighted by molar-refractivity contribution is 6.36. The van der Waals surface area contributed by atoms with Crippen LogP contribution in [0.15, 0.2) is 65.8 Å². The maximum atomic E-state index is 12.5. The predicted octanol–water partition coefficient (Wildman–Crippen LogP) is 4.41. The summed E-state index contributed by atoms with van der Waals surface area (Å²) in [7, 11) is 1.42.